The normalized spacial score (nSPS) is 20.3. The standard InChI is InChI=1S/C20H23ClFN3O/c1-23-20(26)19-10-16(24-11-14-6-3-5-9-18(14)22)13-25(19)12-15-7-2-4-8-17(15)21/h2-9,16,19,24H,10-13H2,1H3,(H,23,26)/t16-,19+/m1/s1. The highest BCUT2D eigenvalue weighted by Gasteiger charge is 2.36. The van der Waals surface area contributed by atoms with Crippen molar-refractivity contribution in [1.29, 1.82) is 0 Å². The van der Waals surface area contributed by atoms with Crippen LogP contribution in [0.25, 0.3) is 0 Å². The number of likely N-dealkylation sites (N-methyl/N-ethyl adjacent to an activating group) is 1. The molecule has 0 aromatic heterocycles. The van der Waals surface area contributed by atoms with Crippen LogP contribution in [0.4, 0.5) is 4.39 Å². The maximum atomic E-state index is 13.8. The average molecular weight is 376 g/mol. The van der Waals surface area contributed by atoms with Crippen LogP contribution in [0.2, 0.25) is 5.02 Å². The molecule has 4 nitrogen and oxygen atoms in total. The largest absolute Gasteiger partial charge is 0.358 e. The fourth-order valence-corrected chi connectivity index (χ4v) is 3.60. The number of carbonyl (C=O) groups excluding carboxylic acids is 1. The van der Waals surface area contributed by atoms with Gasteiger partial charge in [-0.25, -0.2) is 4.39 Å². The Balaban J connectivity index is 1.67. The maximum absolute atomic E-state index is 13.8. The summed E-state index contributed by atoms with van der Waals surface area (Å²) < 4.78 is 13.8. The lowest BCUT2D eigenvalue weighted by molar-refractivity contribution is -0.125. The molecule has 2 N–H and O–H groups in total. The van der Waals surface area contributed by atoms with E-state index >= 15 is 0 Å². The summed E-state index contributed by atoms with van der Waals surface area (Å²) in [6.07, 6.45) is 0.679. The summed E-state index contributed by atoms with van der Waals surface area (Å²) in [5, 5.41) is 6.82. The minimum atomic E-state index is -0.227. The SMILES string of the molecule is CNC(=O)[C@@H]1C[C@@H](NCc2ccccc2F)CN1Cc1ccccc1Cl. The van der Waals surface area contributed by atoms with Gasteiger partial charge in [0.05, 0.1) is 6.04 Å². The Labute approximate surface area is 158 Å². The van der Waals surface area contributed by atoms with E-state index in [9.17, 15) is 9.18 Å². The van der Waals surface area contributed by atoms with Crippen LogP contribution in [0.3, 0.4) is 0 Å². The lowest BCUT2D eigenvalue weighted by Crippen LogP contribution is -2.41. The van der Waals surface area contributed by atoms with Gasteiger partial charge in [-0.3, -0.25) is 9.69 Å². The van der Waals surface area contributed by atoms with Gasteiger partial charge in [0.2, 0.25) is 5.91 Å². The van der Waals surface area contributed by atoms with E-state index in [-0.39, 0.29) is 23.8 Å². The van der Waals surface area contributed by atoms with Gasteiger partial charge in [-0.05, 0) is 24.1 Å². The van der Waals surface area contributed by atoms with Gasteiger partial charge in [0, 0.05) is 43.3 Å². The second-order valence-corrected chi connectivity index (χ2v) is 6.96. The highest BCUT2D eigenvalue weighted by atomic mass is 35.5. The third-order valence-corrected chi connectivity index (χ3v) is 5.19. The summed E-state index contributed by atoms with van der Waals surface area (Å²) in [6, 6.07) is 14.3. The second-order valence-electron chi connectivity index (χ2n) is 6.56. The molecule has 0 bridgehead atoms. The van der Waals surface area contributed by atoms with Crippen LogP contribution < -0.4 is 10.6 Å². The zero-order valence-electron chi connectivity index (χ0n) is 14.7. The van der Waals surface area contributed by atoms with Crippen LogP contribution in [0.15, 0.2) is 48.5 Å². The molecule has 0 unspecified atom stereocenters. The van der Waals surface area contributed by atoms with E-state index in [1.165, 1.54) is 6.07 Å². The molecule has 3 rings (SSSR count). The van der Waals surface area contributed by atoms with Crippen molar-refractivity contribution in [3.05, 3.63) is 70.5 Å². The number of rotatable bonds is 6. The van der Waals surface area contributed by atoms with E-state index in [2.05, 4.69) is 15.5 Å². The molecule has 0 saturated carbocycles. The van der Waals surface area contributed by atoms with Crippen LogP contribution in [-0.2, 0) is 17.9 Å². The van der Waals surface area contributed by atoms with Crippen LogP contribution >= 0.6 is 11.6 Å². The average Bonchev–Trinajstić information content (AvgIpc) is 3.05. The van der Waals surface area contributed by atoms with Gasteiger partial charge < -0.3 is 10.6 Å². The smallest absolute Gasteiger partial charge is 0.237 e. The van der Waals surface area contributed by atoms with Crippen molar-refractivity contribution in [1.82, 2.24) is 15.5 Å². The molecular weight excluding hydrogens is 353 g/mol. The van der Waals surface area contributed by atoms with Gasteiger partial charge in [0.25, 0.3) is 0 Å². The molecule has 0 spiro atoms. The summed E-state index contributed by atoms with van der Waals surface area (Å²) in [5.41, 5.74) is 1.63. The minimum Gasteiger partial charge on any atom is -0.358 e. The van der Waals surface area contributed by atoms with Crippen molar-refractivity contribution in [2.45, 2.75) is 31.6 Å². The van der Waals surface area contributed by atoms with E-state index in [1.807, 2.05) is 30.3 Å². The molecule has 2 aromatic rings. The molecule has 1 aliphatic rings. The van der Waals surface area contributed by atoms with Crippen LogP contribution in [-0.4, -0.2) is 36.5 Å². The van der Waals surface area contributed by atoms with Crippen molar-refractivity contribution in [3.63, 3.8) is 0 Å². The molecule has 0 aliphatic carbocycles. The number of likely N-dealkylation sites (tertiary alicyclic amines) is 1. The highest BCUT2D eigenvalue weighted by Crippen LogP contribution is 2.24. The monoisotopic (exact) mass is 375 g/mol. The van der Waals surface area contributed by atoms with Crippen molar-refractivity contribution in [3.8, 4) is 0 Å². The lowest BCUT2D eigenvalue weighted by atomic mass is 10.1. The summed E-state index contributed by atoms with van der Waals surface area (Å²) >= 11 is 6.27. The fraction of sp³-hybridized carbons (Fsp3) is 0.350. The van der Waals surface area contributed by atoms with E-state index in [4.69, 9.17) is 11.6 Å². The Bertz CT molecular complexity index is 770. The first-order valence-corrected chi connectivity index (χ1v) is 9.12. The Hall–Kier alpha value is -1.95. The number of nitrogens with zero attached hydrogens (tertiary/aromatic N) is 1. The zero-order chi connectivity index (χ0) is 18.5. The van der Waals surface area contributed by atoms with E-state index < -0.39 is 0 Å². The Morgan fingerprint density at radius 1 is 1.19 bits per heavy atom. The molecule has 26 heavy (non-hydrogen) atoms. The first-order chi connectivity index (χ1) is 12.6. The number of hydrogen-bond donors (Lipinski definition) is 2. The summed E-state index contributed by atoms with van der Waals surface area (Å²) in [7, 11) is 1.65. The lowest BCUT2D eigenvalue weighted by Gasteiger charge is -2.23. The van der Waals surface area contributed by atoms with Crippen molar-refractivity contribution < 1.29 is 9.18 Å². The van der Waals surface area contributed by atoms with Crippen LogP contribution in [0.1, 0.15) is 17.5 Å². The molecule has 1 fully saturated rings. The number of halogens is 2. The van der Waals surface area contributed by atoms with Gasteiger partial charge in [-0.1, -0.05) is 48.0 Å². The van der Waals surface area contributed by atoms with Gasteiger partial charge in [-0.15, -0.1) is 0 Å². The Kier molecular flexibility index (Phi) is 6.25. The molecule has 0 radical (unpaired) electrons. The first kappa shape index (κ1) is 18.8. The van der Waals surface area contributed by atoms with Crippen LogP contribution in [0.5, 0.6) is 0 Å². The van der Waals surface area contributed by atoms with Gasteiger partial charge in [-0.2, -0.15) is 0 Å². The first-order valence-electron chi connectivity index (χ1n) is 8.74. The van der Waals surface area contributed by atoms with Crippen molar-refractivity contribution >= 4 is 17.5 Å². The molecule has 6 heteroatoms. The maximum Gasteiger partial charge on any atom is 0.237 e. The molecule has 1 saturated heterocycles. The third-order valence-electron chi connectivity index (χ3n) is 4.82. The minimum absolute atomic E-state index is 0.00718. The molecule has 1 amide bonds. The van der Waals surface area contributed by atoms with Crippen LogP contribution in [0, 0.1) is 5.82 Å². The number of amides is 1. The van der Waals surface area contributed by atoms with E-state index in [1.54, 1.807) is 19.2 Å². The highest BCUT2D eigenvalue weighted by molar-refractivity contribution is 6.31. The summed E-state index contributed by atoms with van der Waals surface area (Å²) in [5.74, 6) is -0.221. The molecular formula is C20H23ClFN3O. The van der Waals surface area contributed by atoms with Gasteiger partial charge >= 0.3 is 0 Å². The Morgan fingerprint density at radius 2 is 1.88 bits per heavy atom. The van der Waals surface area contributed by atoms with Crippen molar-refractivity contribution in [2.24, 2.45) is 0 Å². The molecule has 1 heterocycles. The predicted molar refractivity (Wildman–Crippen MR) is 101 cm³/mol. The van der Waals surface area contributed by atoms with Gasteiger partial charge in [0.1, 0.15) is 5.82 Å². The predicted octanol–water partition coefficient (Wildman–Crippen LogP) is 2.96. The van der Waals surface area contributed by atoms with E-state index in [0.717, 1.165) is 5.56 Å². The fourth-order valence-electron chi connectivity index (χ4n) is 3.41. The Morgan fingerprint density at radius 3 is 2.58 bits per heavy atom. The van der Waals surface area contributed by atoms with Crippen molar-refractivity contribution in [2.75, 3.05) is 13.6 Å². The second kappa shape index (κ2) is 8.62. The number of benzene rings is 2. The number of nitrogens with one attached hydrogen (secondary N) is 2. The van der Waals surface area contributed by atoms with Gasteiger partial charge in [0.15, 0.2) is 0 Å². The van der Waals surface area contributed by atoms with E-state index in [0.29, 0.717) is 36.6 Å². The topological polar surface area (TPSA) is 44.4 Å². The summed E-state index contributed by atoms with van der Waals surface area (Å²) in [6.45, 7) is 1.76. The number of carbonyl (C=O) groups is 1. The third kappa shape index (κ3) is 4.41. The molecule has 138 valence electrons. The molecule has 2 aromatic carbocycles. The zero-order valence-corrected chi connectivity index (χ0v) is 15.5. The molecule has 2 atom stereocenters. The summed E-state index contributed by atoms with van der Waals surface area (Å²) in [4.78, 5) is 14.4. The number of hydrogen-bond acceptors (Lipinski definition) is 3. The molecule has 1 aliphatic heterocycles. The quantitative estimate of drug-likeness (QED) is 0.815.